The van der Waals surface area contributed by atoms with Crippen LogP contribution < -0.4 is 4.90 Å². The molecule has 1 atom stereocenters. The number of rotatable bonds is 4. The van der Waals surface area contributed by atoms with Crippen LogP contribution in [0, 0.1) is 0 Å². The first kappa shape index (κ1) is 13.5. The minimum Gasteiger partial charge on any atom is -0.480 e. The van der Waals surface area contributed by atoms with Crippen molar-refractivity contribution in [3.8, 4) is 0 Å². The molecule has 0 fully saturated rings. The Kier molecular flexibility index (Phi) is 3.85. The number of fused-ring (bicyclic) bond motifs is 1. The minimum atomic E-state index is -1.00. The Balaban J connectivity index is 2.54. The Bertz CT molecular complexity index is 620. The van der Waals surface area contributed by atoms with E-state index < -0.39 is 12.0 Å². The molecule has 100 valence electrons. The van der Waals surface area contributed by atoms with E-state index in [9.17, 15) is 14.7 Å². The first-order chi connectivity index (χ1) is 9.06. The van der Waals surface area contributed by atoms with Gasteiger partial charge in [-0.3, -0.25) is 9.69 Å². The molecule has 0 radical (unpaired) electrons. The number of aliphatic carboxylic acids is 1. The van der Waals surface area contributed by atoms with Crippen LogP contribution in [0.5, 0.6) is 0 Å². The smallest absolute Gasteiger partial charge is 0.326 e. The van der Waals surface area contributed by atoms with Crippen LogP contribution in [0.15, 0.2) is 29.6 Å². The molecule has 1 N–H and O–H groups in total. The Morgan fingerprint density at radius 1 is 1.37 bits per heavy atom. The summed E-state index contributed by atoms with van der Waals surface area (Å²) < 4.78 is 1.05. The van der Waals surface area contributed by atoms with Gasteiger partial charge in [0.15, 0.2) is 0 Å². The van der Waals surface area contributed by atoms with Crippen molar-refractivity contribution in [1.29, 1.82) is 0 Å². The average Bonchev–Trinajstić information content (AvgIpc) is 2.82. The predicted octanol–water partition coefficient (Wildman–Crippen LogP) is 3.12. The first-order valence-electron chi connectivity index (χ1n) is 6.07. The van der Waals surface area contributed by atoms with Gasteiger partial charge in [0.2, 0.25) is 5.91 Å². The maximum Gasteiger partial charge on any atom is 0.326 e. The number of hydrogen-bond acceptors (Lipinski definition) is 3. The third-order valence-corrected chi connectivity index (χ3v) is 3.99. The molecule has 0 saturated heterocycles. The molecule has 0 aliphatic carbocycles. The van der Waals surface area contributed by atoms with Crippen LogP contribution in [0.4, 0.5) is 5.69 Å². The van der Waals surface area contributed by atoms with Gasteiger partial charge in [-0.25, -0.2) is 4.79 Å². The van der Waals surface area contributed by atoms with Gasteiger partial charge in [0.25, 0.3) is 0 Å². The summed E-state index contributed by atoms with van der Waals surface area (Å²) >= 11 is 1.51. The number of carbonyl (C=O) groups excluding carboxylic acids is 1. The molecule has 4 nitrogen and oxygen atoms in total. The van der Waals surface area contributed by atoms with E-state index in [1.165, 1.54) is 23.2 Å². The van der Waals surface area contributed by atoms with E-state index in [0.717, 1.165) is 10.1 Å². The Morgan fingerprint density at radius 3 is 2.68 bits per heavy atom. The van der Waals surface area contributed by atoms with Crippen molar-refractivity contribution in [1.82, 2.24) is 0 Å². The van der Waals surface area contributed by atoms with Gasteiger partial charge in [0.05, 0.1) is 5.69 Å². The van der Waals surface area contributed by atoms with Crippen molar-refractivity contribution in [2.24, 2.45) is 0 Å². The van der Waals surface area contributed by atoms with Crippen molar-refractivity contribution in [3.05, 3.63) is 29.6 Å². The van der Waals surface area contributed by atoms with Crippen LogP contribution in [-0.4, -0.2) is 23.0 Å². The molecule has 1 heterocycles. The molecule has 1 aromatic carbocycles. The number of thiophene rings is 1. The lowest BCUT2D eigenvalue weighted by Crippen LogP contribution is -2.43. The fourth-order valence-corrected chi connectivity index (χ4v) is 2.93. The third-order valence-electron chi connectivity index (χ3n) is 3.04. The van der Waals surface area contributed by atoms with Gasteiger partial charge >= 0.3 is 5.97 Å². The van der Waals surface area contributed by atoms with Crippen LogP contribution >= 0.6 is 11.3 Å². The van der Waals surface area contributed by atoms with E-state index >= 15 is 0 Å². The van der Waals surface area contributed by atoms with Gasteiger partial charge in [-0.2, -0.15) is 0 Å². The molecule has 1 aromatic heterocycles. The molecule has 0 aliphatic heterocycles. The number of nitrogens with zero attached hydrogens (tertiary/aromatic N) is 1. The fourth-order valence-electron chi connectivity index (χ4n) is 1.99. The largest absolute Gasteiger partial charge is 0.480 e. The molecule has 19 heavy (non-hydrogen) atoms. The molecule has 0 bridgehead atoms. The summed E-state index contributed by atoms with van der Waals surface area (Å²) in [5, 5.41) is 11.9. The second kappa shape index (κ2) is 5.40. The molecule has 5 heteroatoms. The molecule has 2 rings (SSSR count). The van der Waals surface area contributed by atoms with Gasteiger partial charge in [-0.15, -0.1) is 11.3 Å². The fraction of sp³-hybridized carbons (Fsp3) is 0.286. The highest BCUT2D eigenvalue weighted by atomic mass is 32.1. The molecule has 2 aromatic rings. The maximum atomic E-state index is 12.1. The van der Waals surface area contributed by atoms with Crippen LogP contribution in [0.3, 0.4) is 0 Å². The maximum absolute atomic E-state index is 12.1. The van der Waals surface area contributed by atoms with E-state index in [0.29, 0.717) is 5.69 Å². The lowest BCUT2D eigenvalue weighted by atomic mass is 10.2. The summed E-state index contributed by atoms with van der Waals surface area (Å²) in [4.78, 5) is 24.6. The quantitative estimate of drug-likeness (QED) is 0.934. The van der Waals surface area contributed by atoms with E-state index in [1.807, 2.05) is 29.6 Å². The van der Waals surface area contributed by atoms with Gasteiger partial charge in [0, 0.05) is 21.9 Å². The Labute approximate surface area is 115 Å². The normalized spacial score (nSPS) is 12.3. The van der Waals surface area contributed by atoms with Crippen molar-refractivity contribution in [2.75, 3.05) is 4.90 Å². The number of amides is 1. The lowest BCUT2D eigenvalue weighted by Gasteiger charge is -2.25. The zero-order valence-electron chi connectivity index (χ0n) is 10.8. The van der Waals surface area contributed by atoms with Gasteiger partial charge < -0.3 is 5.11 Å². The highest BCUT2D eigenvalue weighted by Gasteiger charge is 2.27. The van der Waals surface area contributed by atoms with Crippen LogP contribution in [0.1, 0.15) is 20.3 Å². The van der Waals surface area contributed by atoms with Crippen LogP contribution in [0.25, 0.3) is 10.1 Å². The summed E-state index contributed by atoms with van der Waals surface area (Å²) in [6.45, 7) is 3.26. The van der Waals surface area contributed by atoms with Crippen LogP contribution in [0.2, 0.25) is 0 Å². The second-order valence-corrected chi connectivity index (χ2v) is 5.16. The summed E-state index contributed by atoms with van der Waals surface area (Å²) in [5.41, 5.74) is 0.683. The molecule has 1 unspecified atom stereocenters. The monoisotopic (exact) mass is 277 g/mol. The van der Waals surface area contributed by atoms with E-state index in [4.69, 9.17) is 0 Å². The molecule has 0 spiro atoms. The zero-order chi connectivity index (χ0) is 14.0. The first-order valence-corrected chi connectivity index (χ1v) is 6.95. The number of anilines is 1. The number of carboxylic acid groups (broad SMARTS) is 1. The standard InChI is InChI=1S/C14H15NO3S/c1-3-13(16)15(9(2)14(17)18)11-8-19-12-7-5-4-6-10(11)12/h4-9H,3H2,1-2H3,(H,17,18). The number of carbonyl (C=O) groups is 2. The van der Waals surface area contributed by atoms with E-state index in [-0.39, 0.29) is 12.3 Å². The summed E-state index contributed by atoms with van der Waals surface area (Å²) in [5.74, 6) is -1.18. The number of benzene rings is 1. The predicted molar refractivity (Wildman–Crippen MR) is 76.7 cm³/mol. The summed E-state index contributed by atoms with van der Waals surface area (Å²) in [6, 6.07) is 6.81. The van der Waals surface area contributed by atoms with E-state index in [1.54, 1.807) is 6.92 Å². The minimum absolute atomic E-state index is 0.182. The summed E-state index contributed by atoms with van der Waals surface area (Å²) in [6.07, 6.45) is 0.280. The van der Waals surface area contributed by atoms with Gasteiger partial charge in [0.1, 0.15) is 6.04 Å². The Hall–Kier alpha value is -1.88. The molecule has 1 amide bonds. The highest BCUT2D eigenvalue weighted by Crippen LogP contribution is 2.34. The van der Waals surface area contributed by atoms with Crippen molar-refractivity contribution >= 4 is 39.0 Å². The molecular weight excluding hydrogens is 262 g/mol. The van der Waals surface area contributed by atoms with Gasteiger partial charge in [-0.05, 0) is 13.0 Å². The lowest BCUT2D eigenvalue weighted by molar-refractivity contribution is -0.139. The topological polar surface area (TPSA) is 57.6 Å². The zero-order valence-corrected chi connectivity index (χ0v) is 11.6. The van der Waals surface area contributed by atoms with Crippen LogP contribution in [-0.2, 0) is 9.59 Å². The third kappa shape index (κ3) is 2.46. The van der Waals surface area contributed by atoms with E-state index in [2.05, 4.69) is 0 Å². The number of carboxylic acids is 1. The van der Waals surface area contributed by atoms with Crippen molar-refractivity contribution in [3.63, 3.8) is 0 Å². The van der Waals surface area contributed by atoms with Crippen molar-refractivity contribution in [2.45, 2.75) is 26.3 Å². The number of hydrogen-bond donors (Lipinski definition) is 1. The SMILES string of the molecule is CCC(=O)N(c1csc2ccccc12)C(C)C(=O)O. The highest BCUT2D eigenvalue weighted by molar-refractivity contribution is 7.17. The molecule has 0 aliphatic rings. The average molecular weight is 277 g/mol. The summed E-state index contributed by atoms with van der Waals surface area (Å²) in [7, 11) is 0. The molecular formula is C14H15NO3S. The van der Waals surface area contributed by atoms with Gasteiger partial charge in [-0.1, -0.05) is 25.1 Å². The molecule has 0 saturated carbocycles. The van der Waals surface area contributed by atoms with Crippen molar-refractivity contribution < 1.29 is 14.7 Å². The second-order valence-electron chi connectivity index (χ2n) is 4.25. The Morgan fingerprint density at radius 2 is 2.05 bits per heavy atom.